The van der Waals surface area contributed by atoms with Crippen LogP contribution in [0.4, 0.5) is 10.2 Å². The first-order valence-electron chi connectivity index (χ1n) is 14.9. The number of likely N-dealkylation sites (tertiary alicyclic amines) is 1. The summed E-state index contributed by atoms with van der Waals surface area (Å²) in [6.07, 6.45) is 5.40. The standard InChI is InChI=1S/C32H37FN6O2/c33-29-26(28-16-24(40)15-20-5-1-2-7-25(20)28)10-11-27-30(29)36-32(41-19-23-6-3-13-38(23)14-4-12-34)37-31(27)39-17-21-8-9-22(18-39)35-21/h1-2,5,7,10-11,15-16,21-23,35,40H,3-4,6,8-9,12-14,17-19,34H2/t21?,22?,23-/m0/s1. The molecule has 3 aromatic carbocycles. The molecule has 1 aromatic heterocycles. The van der Waals surface area contributed by atoms with E-state index in [9.17, 15) is 5.11 Å². The second-order valence-electron chi connectivity index (χ2n) is 11.7. The number of fused-ring (bicyclic) bond motifs is 4. The third kappa shape index (κ3) is 5.07. The quantitative estimate of drug-likeness (QED) is 0.293. The molecular weight excluding hydrogens is 519 g/mol. The van der Waals surface area contributed by atoms with Gasteiger partial charge in [0.1, 0.15) is 23.7 Å². The van der Waals surface area contributed by atoms with Crippen LogP contribution in [0.5, 0.6) is 11.8 Å². The average Bonchev–Trinajstić information content (AvgIpc) is 3.58. The van der Waals surface area contributed by atoms with E-state index in [0.717, 1.165) is 74.9 Å². The largest absolute Gasteiger partial charge is 0.508 e. The summed E-state index contributed by atoms with van der Waals surface area (Å²) in [5, 5.41) is 16.5. The van der Waals surface area contributed by atoms with Crippen molar-refractivity contribution in [3.63, 3.8) is 0 Å². The fraction of sp³-hybridized carbons (Fsp3) is 0.438. The Morgan fingerprint density at radius 2 is 1.83 bits per heavy atom. The van der Waals surface area contributed by atoms with Gasteiger partial charge in [-0.05, 0) is 86.3 Å². The predicted octanol–water partition coefficient (Wildman–Crippen LogP) is 4.43. The number of rotatable bonds is 8. The van der Waals surface area contributed by atoms with Crippen LogP contribution in [-0.4, -0.2) is 77.4 Å². The highest BCUT2D eigenvalue weighted by Gasteiger charge is 2.34. The number of anilines is 1. The number of aromatic hydroxyl groups is 1. The highest BCUT2D eigenvalue weighted by atomic mass is 19.1. The maximum atomic E-state index is 16.6. The van der Waals surface area contributed by atoms with Crippen molar-refractivity contribution >= 4 is 27.5 Å². The van der Waals surface area contributed by atoms with Crippen molar-refractivity contribution in [3.05, 3.63) is 54.3 Å². The molecule has 41 heavy (non-hydrogen) atoms. The monoisotopic (exact) mass is 556 g/mol. The first-order chi connectivity index (χ1) is 20.1. The predicted molar refractivity (Wildman–Crippen MR) is 160 cm³/mol. The number of nitrogens with two attached hydrogens (primary N) is 1. The van der Waals surface area contributed by atoms with E-state index in [2.05, 4.69) is 20.1 Å². The van der Waals surface area contributed by atoms with Crippen LogP contribution >= 0.6 is 0 Å². The molecular formula is C32H37FN6O2. The summed E-state index contributed by atoms with van der Waals surface area (Å²) in [5.74, 6) is 0.383. The first-order valence-corrected chi connectivity index (χ1v) is 14.9. The lowest BCUT2D eigenvalue weighted by molar-refractivity contribution is 0.164. The van der Waals surface area contributed by atoms with Gasteiger partial charge in [-0.3, -0.25) is 4.90 Å². The number of ether oxygens (including phenoxy) is 1. The number of aromatic nitrogens is 2. The molecule has 9 heteroatoms. The van der Waals surface area contributed by atoms with Crippen LogP contribution < -0.4 is 20.7 Å². The Labute approximate surface area is 239 Å². The van der Waals surface area contributed by atoms with Crippen molar-refractivity contribution in [1.82, 2.24) is 20.2 Å². The maximum Gasteiger partial charge on any atom is 0.319 e. The van der Waals surface area contributed by atoms with E-state index in [1.165, 1.54) is 0 Å². The molecule has 214 valence electrons. The number of phenolic OH excluding ortho intramolecular Hbond substituents is 1. The number of phenols is 1. The van der Waals surface area contributed by atoms with Gasteiger partial charge in [-0.1, -0.05) is 30.3 Å². The second kappa shape index (κ2) is 11.0. The summed E-state index contributed by atoms with van der Waals surface area (Å²) < 4.78 is 22.8. The molecule has 4 heterocycles. The number of nitrogens with zero attached hydrogens (tertiary/aromatic N) is 4. The number of hydrogen-bond acceptors (Lipinski definition) is 8. The summed E-state index contributed by atoms with van der Waals surface area (Å²) >= 11 is 0. The van der Waals surface area contributed by atoms with E-state index in [1.807, 2.05) is 30.3 Å². The SMILES string of the molecule is NCCCN1CCC[C@H]1COc1nc(N2CC3CCC(C2)N3)c2ccc(-c3cc(O)cc4ccccc34)c(F)c2n1. The average molecular weight is 557 g/mol. The lowest BCUT2D eigenvalue weighted by atomic mass is 9.96. The minimum absolute atomic E-state index is 0.0950. The molecule has 4 aromatic rings. The molecule has 0 spiro atoms. The molecule has 3 aliphatic heterocycles. The van der Waals surface area contributed by atoms with Crippen LogP contribution in [0.3, 0.4) is 0 Å². The smallest absolute Gasteiger partial charge is 0.319 e. The van der Waals surface area contributed by atoms with Gasteiger partial charge in [-0.25, -0.2) is 4.39 Å². The van der Waals surface area contributed by atoms with Crippen LogP contribution in [0.25, 0.3) is 32.8 Å². The normalized spacial score (nSPS) is 22.7. The Kier molecular flexibility index (Phi) is 7.10. The van der Waals surface area contributed by atoms with E-state index in [1.54, 1.807) is 18.2 Å². The molecule has 3 saturated heterocycles. The number of piperazine rings is 1. The van der Waals surface area contributed by atoms with Crippen LogP contribution in [0.15, 0.2) is 48.5 Å². The van der Waals surface area contributed by atoms with Gasteiger partial charge in [-0.15, -0.1) is 0 Å². The van der Waals surface area contributed by atoms with Crippen molar-refractivity contribution in [2.24, 2.45) is 5.73 Å². The topological polar surface area (TPSA) is 99.8 Å². The summed E-state index contributed by atoms with van der Waals surface area (Å²) in [6.45, 7) is 4.76. The van der Waals surface area contributed by atoms with Crippen molar-refractivity contribution in [2.75, 3.05) is 44.2 Å². The Morgan fingerprint density at radius 3 is 2.66 bits per heavy atom. The lowest BCUT2D eigenvalue weighted by Crippen LogP contribution is -2.51. The molecule has 3 fully saturated rings. The fourth-order valence-electron chi connectivity index (χ4n) is 6.97. The van der Waals surface area contributed by atoms with Gasteiger partial charge in [0.05, 0.1) is 0 Å². The van der Waals surface area contributed by atoms with Crippen molar-refractivity contribution in [1.29, 1.82) is 0 Å². The molecule has 3 atom stereocenters. The fourth-order valence-corrected chi connectivity index (χ4v) is 6.97. The van der Waals surface area contributed by atoms with Gasteiger partial charge in [0.25, 0.3) is 0 Å². The second-order valence-corrected chi connectivity index (χ2v) is 11.7. The Bertz CT molecular complexity index is 1570. The molecule has 4 N–H and O–H groups in total. The molecule has 0 saturated carbocycles. The van der Waals surface area contributed by atoms with Gasteiger partial charge in [-0.2, -0.15) is 9.97 Å². The number of hydrogen-bond donors (Lipinski definition) is 3. The van der Waals surface area contributed by atoms with E-state index in [0.29, 0.717) is 41.7 Å². The third-order valence-corrected chi connectivity index (χ3v) is 8.97. The Morgan fingerprint density at radius 1 is 1.00 bits per heavy atom. The van der Waals surface area contributed by atoms with Gasteiger partial charge < -0.3 is 25.8 Å². The van der Waals surface area contributed by atoms with E-state index in [-0.39, 0.29) is 23.3 Å². The van der Waals surface area contributed by atoms with Gasteiger partial charge in [0.15, 0.2) is 5.82 Å². The third-order valence-electron chi connectivity index (χ3n) is 8.97. The molecule has 2 bridgehead atoms. The maximum absolute atomic E-state index is 16.6. The zero-order chi connectivity index (χ0) is 27.9. The highest BCUT2D eigenvalue weighted by Crippen LogP contribution is 2.39. The van der Waals surface area contributed by atoms with E-state index < -0.39 is 5.82 Å². The van der Waals surface area contributed by atoms with Crippen molar-refractivity contribution in [2.45, 2.75) is 50.2 Å². The van der Waals surface area contributed by atoms with Gasteiger partial charge in [0, 0.05) is 42.2 Å². The van der Waals surface area contributed by atoms with Crippen LogP contribution in [0, 0.1) is 5.82 Å². The molecule has 2 unspecified atom stereocenters. The minimum Gasteiger partial charge on any atom is -0.508 e. The zero-order valence-electron chi connectivity index (χ0n) is 23.2. The number of halogens is 1. The summed E-state index contributed by atoms with van der Waals surface area (Å²) in [4.78, 5) is 14.3. The van der Waals surface area contributed by atoms with E-state index in [4.69, 9.17) is 15.5 Å². The summed E-state index contributed by atoms with van der Waals surface area (Å²) in [5.41, 5.74) is 7.02. The van der Waals surface area contributed by atoms with Crippen molar-refractivity contribution < 1.29 is 14.2 Å². The molecule has 3 aliphatic rings. The Hall–Kier alpha value is -3.53. The minimum atomic E-state index is -0.435. The van der Waals surface area contributed by atoms with Gasteiger partial charge >= 0.3 is 6.01 Å². The van der Waals surface area contributed by atoms with Gasteiger partial charge in [0.2, 0.25) is 0 Å². The molecule has 0 amide bonds. The number of benzene rings is 3. The van der Waals surface area contributed by atoms with Crippen molar-refractivity contribution in [3.8, 4) is 22.9 Å². The Balaban J connectivity index is 1.30. The van der Waals surface area contributed by atoms with Crippen LogP contribution in [0.2, 0.25) is 0 Å². The molecule has 8 nitrogen and oxygen atoms in total. The highest BCUT2D eigenvalue weighted by molar-refractivity contribution is 6.01. The lowest BCUT2D eigenvalue weighted by Gasteiger charge is -2.34. The molecule has 0 radical (unpaired) electrons. The van der Waals surface area contributed by atoms with E-state index >= 15 is 4.39 Å². The molecule has 0 aliphatic carbocycles. The number of nitrogens with one attached hydrogen (secondary N) is 1. The summed E-state index contributed by atoms with van der Waals surface area (Å²) in [7, 11) is 0. The summed E-state index contributed by atoms with van der Waals surface area (Å²) in [6, 6.07) is 16.0. The molecule has 7 rings (SSSR count). The van der Waals surface area contributed by atoms with Crippen LogP contribution in [0.1, 0.15) is 32.1 Å². The van der Waals surface area contributed by atoms with Crippen LogP contribution in [-0.2, 0) is 0 Å². The zero-order valence-corrected chi connectivity index (χ0v) is 23.2. The first kappa shape index (κ1) is 26.4.